The second-order valence-corrected chi connectivity index (χ2v) is 13.1. The highest BCUT2D eigenvalue weighted by Crippen LogP contribution is 2.61. The Morgan fingerprint density at radius 1 is 1.00 bits per heavy atom. The highest BCUT2D eigenvalue weighted by Gasteiger charge is 2.43. The molecule has 1 fully saturated rings. The van der Waals surface area contributed by atoms with Crippen LogP contribution in [-0.2, 0) is 26.8 Å². The number of fused-ring (bicyclic) bond motifs is 1. The van der Waals surface area contributed by atoms with E-state index < -0.39 is 54.2 Å². The van der Waals surface area contributed by atoms with Gasteiger partial charge in [-0.25, -0.2) is 23.6 Å². The molecule has 3 rings (SSSR count). The normalized spacial score (nSPS) is 25.6. The first-order valence-electron chi connectivity index (χ1n) is 11.9. The molecule has 4 unspecified atom stereocenters. The van der Waals surface area contributed by atoms with Crippen LogP contribution in [0.25, 0.3) is 11.2 Å². The summed E-state index contributed by atoms with van der Waals surface area (Å²) < 4.78 is 46.5. The van der Waals surface area contributed by atoms with E-state index in [0.29, 0.717) is 23.5 Å². The molecule has 1 aliphatic carbocycles. The van der Waals surface area contributed by atoms with Gasteiger partial charge in [0.05, 0.1) is 25.1 Å². The maximum atomic E-state index is 11.8. The zero-order valence-electron chi connectivity index (χ0n) is 20.8. The number of hydrogen-bond donors (Lipinski definition) is 5. The van der Waals surface area contributed by atoms with Crippen LogP contribution in [0.2, 0.25) is 0 Å². The Morgan fingerprint density at radius 2 is 1.68 bits per heavy atom. The summed E-state index contributed by atoms with van der Waals surface area (Å²) >= 11 is 0. The van der Waals surface area contributed by atoms with Crippen LogP contribution in [-0.4, -0.2) is 73.6 Å². The fourth-order valence-electron chi connectivity index (χ4n) is 4.23. The van der Waals surface area contributed by atoms with Crippen molar-refractivity contribution in [3.63, 3.8) is 0 Å². The average molecular weight is 631 g/mol. The maximum absolute atomic E-state index is 11.8. The van der Waals surface area contributed by atoms with E-state index in [9.17, 15) is 38.6 Å². The van der Waals surface area contributed by atoms with Gasteiger partial charge in [-0.15, -0.1) is 0 Å². The fourth-order valence-corrected chi connectivity index (χ4v) is 7.17. The summed E-state index contributed by atoms with van der Waals surface area (Å²) in [5.41, 5.74) is 0.782. The van der Waals surface area contributed by atoms with Crippen molar-refractivity contribution in [2.24, 2.45) is 5.92 Å². The van der Waals surface area contributed by atoms with Gasteiger partial charge in [-0.05, 0) is 32.9 Å². The van der Waals surface area contributed by atoms with E-state index in [1.54, 1.807) is 0 Å². The number of phosphoric ester groups is 1. The largest absolute Gasteiger partial charge is 0.756 e. The van der Waals surface area contributed by atoms with E-state index in [4.69, 9.17) is 4.89 Å². The number of anilines is 1. The predicted molar refractivity (Wildman–Crippen MR) is 135 cm³/mol. The van der Waals surface area contributed by atoms with E-state index in [0.717, 1.165) is 32.2 Å². The number of nitrogens with zero attached hydrogens (tertiary/aromatic N) is 4. The minimum Gasteiger partial charge on any atom is -0.756 e. The van der Waals surface area contributed by atoms with Gasteiger partial charge >= 0.3 is 0 Å². The Hall–Kier alpha value is -1.36. The lowest BCUT2D eigenvalue weighted by atomic mass is 10.1. The first kappa shape index (κ1) is 34.8. The van der Waals surface area contributed by atoms with Gasteiger partial charge in [-0.2, -0.15) is 0 Å². The molecule has 1 saturated carbocycles. The van der Waals surface area contributed by atoms with Crippen molar-refractivity contribution in [1.29, 1.82) is 0 Å². The number of imidazole rings is 1. The Balaban J connectivity index is 0.00000560. The van der Waals surface area contributed by atoms with E-state index in [2.05, 4.69) is 38.7 Å². The summed E-state index contributed by atoms with van der Waals surface area (Å²) in [6.07, 6.45) is 3.91. The molecule has 7 atom stereocenters. The maximum Gasteiger partial charge on any atom is 0.280 e. The van der Waals surface area contributed by atoms with Crippen LogP contribution in [0.3, 0.4) is 0 Å². The predicted octanol–water partition coefficient (Wildman–Crippen LogP) is -0.616. The van der Waals surface area contributed by atoms with Crippen molar-refractivity contribution < 1.29 is 56.6 Å². The highest BCUT2D eigenvalue weighted by molar-refractivity contribution is 7.65. The quantitative estimate of drug-likeness (QED) is 0.114. The van der Waals surface area contributed by atoms with Crippen molar-refractivity contribution in [1.82, 2.24) is 24.8 Å². The van der Waals surface area contributed by atoms with Gasteiger partial charge in [0.1, 0.15) is 17.9 Å². The minimum atomic E-state index is -6.05. The first-order chi connectivity index (χ1) is 18.2. The van der Waals surface area contributed by atoms with Gasteiger partial charge in [0.2, 0.25) is 0 Å². The highest BCUT2D eigenvalue weighted by atomic mass is 31.3. The summed E-state index contributed by atoms with van der Waals surface area (Å²) in [6.45, 7) is 0.795. The summed E-state index contributed by atoms with van der Waals surface area (Å²) in [4.78, 5) is 54.9. The molecule has 2 aromatic rings. The molecule has 21 heteroatoms. The monoisotopic (exact) mass is 631 g/mol. The number of aliphatic hydroxyl groups is 2. The van der Waals surface area contributed by atoms with Crippen LogP contribution in [0.1, 0.15) is 45.6 Å². The summed E-state index contributed by atoms with van der Waals surface area (Å²) in [7, 11) is -15.7. The van der Waals surface area contributed by atoms with Crippen LogP contribution < -0.4 is 25.3 Å². The Labute approximate surface area is 230 Å². The molecule has 230 valence electrons. The van der Waals surface area contributed by atoms with E-state index in [1.807, 2.05) is 7.05 Å². The van der Waals surface area contributed by atoms with Gasteiger partial charge in [0.15, 0.2) is 11.5 Å². The van der Waals surface area contributed by atoms with Gasteiger partial charge in [-0.3, -0.25) is 13.7 Å². The standard InChI is InChI=1S/C18H33N6O12P3.CH4/c1-19-6-4-2-3-5-7-20-17-14-18(22-10-21-17)24(11-23-14)13-8-12(15(25)16(13)26)9-34-38(30,31)36-39(32,33)35-37(27,28)29;/h10-13,15-16,19,25-26H,2-9H2,1H3,(H,30,31)(H,32,33)(H,20,21,22)(H2,27,28,29);1H4/p-3/t12-,13-,15?,16-;/m1./s1. The lowest BCUT2D eigenvalue weighted by Crippen LogP contribution is -2.31. The van der Waals surface area contributed by atoms with E-state index in [-0.39, 0.29) is 13.8 Å². The topological polar surface area (TPSA) is 276 Å². The molecule has 2 aromatic heterocycles. The zero-order valence-corrected chi connectivity index (χ0v) is 23.5. The van der Waals surface area contributed by atoms with Crippen molar-refractivity contribution in [3.8, 4) is 0 Å². The van der Waals surface area contributed by atoms with Crippen LogP contribution in [0.4, 0.5) is 5.82 Å². The van der Waals surface area contributed by atoms with Gasteiger partial charge in [0.25, 0.3) is 23.5 Å². The number of hydrogen-bond acceptors (Lipinski definition) is 16. The fraction of sp³-hybridized carbons (Fsp3) is 0.737. The van der Waals surface area contributed by atoms with Crippen LogP contribution in [0.15, 0.2) is 12.7 Å². The van der Waals surface area contributed by atoms with Crippen LogP contribution >= 0.6 is 23.5 Å². The molecule has 0 saturated heterocycles. The smallest absolute Gasteiger partial charge is 0.280 e. The molecule has 0 spiro atoms. The molecule has 0 amide bonds. The van der Waals surface area contributed by atoms with Crippen molar-refractivity contribution in [2.45, 2.75) is 57.8 Å². The summed E-state index contributed by atoms with van der Waals surface area (Å²) in [5, 5.41) is 27.4. The number of aliphatic hydroxyl groups excluding tert-OH is 2. The molecule has 5 N–H and O–H groups in total. The molecular formula is C19H34N6O12P3-3. The van der Waals surface area contributed by atoms with Crippen LogP contribution in [0, 0.1) is 5.92 Å². The van der Waals surface area contributed by atoms with E-state index >= 15 is 0 Å². The molecule has 2 heterocycles. The molecular weight excluding hydrogens is 597 g/mol. The lowest BCUT2D eigenvalue weighted by Gasteiger charge is -2.33. The van der Waals surface area contributed by atoms with Crippen molar-refractivity contribution in [3.05, 3.63) is 12.7 Å². The van der Waals surface area contributed by atoms with Gasteiger partial charge < -0.3 is 49.5 Å². The second-order valence-electron chi connectivity index (χ2n) is 8.86. The Morgan fingerprint density at radius 3 is 2.33 bits per heavy atom. The Bertz CT molecular complexity index is 1240. The Kier molecular flexibility index (Phi) is 12.8. The third-order valence-corrected chi connectivity index (χ3v) is 9.67. The van der Waals surface area contributed by atoms with Gasteiger partial charge in [-0.1, -0.05) is 20.3 Å². The number of unbranched alkanes of at least 4 members (excludes halogenated alkanes) is 3. The van der Waals surface area contributed by atoms with Crippen molar-refractivity contribution >= 4 is 40.4 Å². The molecule has 0 bridgehead atoms. The first-order valence-corrected chi connectivity index (χ1v) is 16.3. The third-order valence-electron chi connectivity index (χ3n) is 5.98. The van der Waals surface area contributed by atoms with E-state index in [1.165, 1.54) is 17.2 Å². The molecule has 40 heavy (non-hydrogen) atoms. The number of phosphoric acid groups is 3. The average Bonchev–Trinajstić information content (AvgIpc) is 3.36. The number of nitrogens with one attached hydrogen (secondary N) is 2. The molecule has 0 radical (unpaired) electrons. The molecule has 18 nitrogen and oxygen atoms in total. The number of aromatic nitrogens is 4. The molecule has 0 aromatic carbocycles. The third kappa shape index (κ3) is 9.88. The summed E-state index contributed by atoms with van der Waals surface area (Å²) in [6, 6.07) is -0.810. The molecule has 1 aliphatic rings. The zero-order chi connectivity index (χ0) is 28.8. The van der Waals surface area contributed by atoms with Crippen LogP contribution in [0.5, 0.6) is 0 Å². The van der Waals surface area contributed by atoms with Crippen molar-refractivity contribution in [2.75, 3.05) is 32.1 Å². The number of rotatable bonds is 16. The SMILES string of the molecule is C.CNCCCCCCNc1ncnc2c1ncn2[C@@H]1C[C@H](COP(=O)([O-])OP(=O)([O-])OP(=O)([O-])O)C(O)[C@@H]1O. The second kappa shape index (κ2) is 14.7. The summed E-state index contributed by atoms with van der Waals surface area (Å²) in [5.74, 6) is -0.535. The molecule has 0 aliphatic heterocycles. The van der Waals surface area contributed by atoms with Gasteiger partial charge in [0, 0.05) is 12.5 Å². The lowest BCUT2D eigenvalue weighted by molar-refractivity contribution is -0.249. The minimum absolute atomic E-state index is 0.